The quantitative estimate of drug-likeness (QED) is 0.651. The standard InChI is InChI=1S/C16H32N2O/c1-2-3-4-5-6-7-8-12-16(19)18-13-10-9-11-15(18)14-17/h15H,2-14,17H2,1H3. The number of piperidine rings is 1. The highest BCUT2D eigenvalue weighted by Gasteiger charge is 2.24. The van der Waals surface area contributed by atoms with E-state index >= 15 is 0 Å². The Labute approximate surface area is 118 Å². The van der Waals surface area contributed by atoms with Gasteiger partial charge in [-0.3, -0.25) is 4.79 Å². The van der Waals surface area contributed by atoms with Crippen molar-refractivity contribution >= 4 is 5.91 Å². The summed E-state index contributed by atoms with van der Waals surface area (Å²) in [5.41, 5.74) is 5.76. The van der Waals surface area contributed by atoms with Gasteiger partial charge in [-0.05, 0) is 25.7 Å². The Morgan fingerprint density at radius 1 is 1.11 bits per heavy atom. The highest BCUT2D eigenvalue weighted by Crippen LogP contribution is 2.18. The van der Waals surface area contributed by atoms with Crippen molar-refractivity contribution in [3.63, 3.8) is 0 Å². The molecule has 0 radical (unpaired) electrons. The molecule has 2 N–H and O–H groups in total. The molecule has 0 bridgehead atoms. The molecule has 112 valence electrons. The molecule has 1 unspecified atom stereocenters. The first-order chi connectivity index (χ1) is 9.29. The Hall–Kier alpha value is -0.570. The summed E-state index contributed by atoms with van der Waals surface area (Å²) in [7, 11) is 0. The third-order valence-corrected chi connectivity index (χ3v) is 4.21. The molecule has 1 atom stereocenters. The number of nitrogens with zero attached hydrogens (tertiary/aromatic N) is 1. The van der Waals surface area contributed by atoms with Crippen LogP contribution in [-0.2, 0) is 4.79 Å². The lowest BCUT2D eigenvalue weighted by Gasteiger charge is -2.35. The molecule has 1 amide bonds. The lowest BCUT2D eigenvalue weighted by Crippen LogP contribution is -2.47. The van der Waals surface area contributed by atoms with Gasteiger partial charge in [0.1, 0.15) is 0 Å². The predicted octanol–water partition coefficient (Wildman–Crippen LogP) is 3.47. The van der Waals surface area contributed by atoms with Gasteiger partial charge in [-0.15, -0.1) is 0 Å². The van der Waals surface area contributed by atoms with Gasteiger partial charge in [-0.2, -0.15) is 0 Å². The number of nitrogens with two attached hydrogens (primary N) is 1. The van der Waals surface area contributed by atoms with Gasteiger partial charge in [0.15, 0.2) is 0 Å². The highest BCUT2D eigenvalue weighted by atomic mass is 16.2. The van der Waals surface area contributed by atoms with E-state index in [9.17, 15) is 4.79 Å². The Morgan fingerprint density at radius 3 is 2.47 bits per heavy atom. The van der Waals surface area contributed by atoms with Crippen LogP contribution in [0.15, 0.2) is 0 Å². The van der Waals surface area contributed by atoms with Crippen LogP contribution in [0.25, 0.3) is 0 Å². The van der Waals surface area contributed by atoms with E-state index < -0.39 is 0 Å². The Kier molecular flexibility index (Phi) is 8.89. The Bertz CT molecular complexity index is 243. The highest BCUT2D eigenvalue weighted by molar-refractivity contribution is 5.76. The first kappa shape index (κ1) is 16.5. The van der Waals surface area contributed by atoms with Gasteiger partial charge in [-0.25, -0.2) is 0 Å². The molecule has 1 heterocycles. The van der Waals surface area contributed by atoms with Gasteiger partial charge in [0.25, 0.3) is 0 Å². The van der Waals surface area contributed by atoms with Crippen molar-refractivity contribution in [2.24, 2.45) is 5.73 Å². The number of carbonyl (C=O) groups is 1. The average molecular weight is 268 g/mol. The summed E-state index contributed by atoms with van der Waals surface area (Å²) in [5, 5.41) is 0. The van der Waals surface area contributed by atoms with Crippen molar-refractivity contribution in [2.75, 3.05) is 13.1 Å². The predicted molar refractivity (Wildman–Crippen MR) is 81.0 cm³/mol. The molecule has 0 aliphatic carbocycles. The molecule has 1 fully saturated rings. The molecule has 0 saturated carbocycles. The molecule has 1 aliphatic heterocycles. The second-order valence-corrected chi connectivity index (χ2v) is 5.84. The average Bonchev–Trinajstić information content (AvgIpc) is 2.46. The van der Waals surface area contributed by atoms with Crippen molar-refractivity contribution in [3.8, 4) is 0 Å². The fourth-order valence-electron chi connectivity index (χ4n) is 2.95. The van der Waals surface area contributed by atoms with E-state index in [1.54, 1.807) is 0 Å². The monoisotopic (exact) mass is 268 g/mol. The number of carbonyl (C=O) groups excluding carboxylic acids is 1. The van der Waals surface area contributed by atoms with Gasteiger partial charge < -0.3 is 10.6 Å². The number of hydrogen-bond acceptors (Lipinski definition) is 2. The number of hydrogen-bond donors (Lipinski definition) is 1. The molecule has 3 nitrogen and oxygen atoms in total. The zero-order valence-corrected chi connectivity index (χ0v) is 12.7. The summed E-state index contributed by atoms with van der Waals surface area (Å²) in [4.78, 5) is 14.2. The van der Waals surface area contributed by atoms with Crippen molar-refractivity contribution in [2.45, 2.75) is 83.6 Å². The minimum Gasteiger partial charge on any atom is -0.338 e. The van der Waals surface area contributed by atoms with Crippen molar-refractivity contribution < 1.29 is 4.79 Å². The largest absolute Gasteiger partial charge is 0.338 e. The van der Waals surface area contributed by atoms with Crippen LogP contribution in [0.5, 0.6) is 0 Å². The minimum absolute atomic E-state index is 0.311. The van der Waals surface area contributed by atoms with E-state index in [1.165, 1.54) is 44.9 Å². The second-order valence-electron chi connectivity index (χ2n) is 5.84. The zero-order chi connectivity index (χ0) is 13.9. The van der Waals surface area contributed by atoms with Crippen LogP contribution in [0.4, 0.5) is 0 Å². The number of unbranched alkanes of at least 4 members (excludes halogenated alkanes) is 6. The molecule has 1 saturated heterocycles. The molecule has 1 aliphatic rings. The number of likely N-dealkylation sites (tertiary alicyclic amines) is 1. The van der Waals surface area contributed by atoms with Crippen molar-refractivity contribution in [3.05, 3.63) is 0 Å². The van der Waals surface area contributed by atoms with Crippen molar-refractivity contribution in [1.29, 1.82) is 0 Å². The van der Waals surface area contributed by atoms with E-state index in [1.807, 2.05) is 4.90 Å². The Balaban J connectivity index is 2.09. The number of rotatable bonds is 9. The van der Waals surface area contributed by atoms with Gasteiger partial charge in [0.2, 0.25) is 5.91 Å². The fourth-order valence-corrected chi connectivity index (χ4v) is 2.95. The Morgan fingerprint density at radius 2 is 1.79 bits per heavy atom. The molecule has 19 heavy (non-hydrogen) atoms. The van der Waals surface area contributed by atoms with Gasteiger partial charge in [0, 0.05) is 25.6 Å². The summed E-state index contributed by atoms with van der Waals surface area (Å²) < 4.78 is 0. The van der Waals surface area contributed by atoms with Crippen LogP contribution in [0.3, 0.4) is 0 Å². The van der Waals surface area contributed by atoms with Crippen LogP contribution in [-0.4, -0.2) is 29.9 Å². The minimum atomic E-state index is 0.311. The van der Waals surface area contributed by atoms with Gasteiger partial charge >= 0.3 is 0 Å². The van der Waals surface area contributed by atoms with Crippen LogP contribution in [0.1, 0.15) is 77.6 Å². The normalized spacial score (nSPS) is 19.7. The zero-order valence-electron chi connectivity index (χ0n) is 12.7. The lowest BCUT2D eigenvalue weighted by molar-refractivity contribution is -0.134. The van der Waals surface area contributed by atoms with E-state index in [0.29, 0.717) is 18.5 Å². The summed E-state index contributed by atoms with van der Waals surface area (Å²) >= 11 is 0. The van der Waals surface area contributed by atoms with Crippen LogP contribution >= 0.6 is 0 Å². The molecule has 3 heteroatoms. The van der Waals surface area contributed by atoms with Crippen LogP contribution < -0.4 is 5.73 Å². The smallest absolute Gasteiger partial charge is 0.222 e. The third-order valence-electron chi connectivity index (χ3n) is 4.21. The van der Waals surface area contributed by atoms with Gasteiger partial charge in [-0.1, -0.05) is 45.4 Å². The topological polar surface area (TPSA) is 46.3 Å². The van der Waals surface area contributed by atoms with Crippen molar-refractivity contribution in [1.82, 2.24) is 4.90 Å². The maximum Gasteiger partial charge on any atom is 0.222 e. The SMILES string of the molecule is CCCCCCCCCC(=O)N1CCCCC1CN. The summed E-state index contributed by atoms with van der Waals surface area (Å²) in [6.07, 6.45) is 13.1. The molecule has 1 rings (SSSR count). The van der Waals surface area contributed by atoms with Gasteiger partial charge in [0.05, 0.1) is 0 Å². The van der Waals surface area contributed by atoms with E-state index in [-0.39, 0.29) is 0 Å². The molecular weight excluding hydrogens is 236 g/mol. The summed E-state index contributed by atoms with van der Waals surface area (Å²) in [6, 6.07) is 0.311. The second kappa shape index (κ2) is 10.2. The maximum absolute atomic E-state index is 12.2. The summed E-state index contributed by atoms with van der Waals surface area (Å²) in [5.74, 6) is 0.337. The third kappa shape index (κ3) is 6.42. The van der Waals surface area contributed by atoms with E-state index in [0.717, 1.165) is 32.2 Å². The number of amides is 1. The maximum atomic E-state index is 12.2. The van der Waals surface area contributed by atoms with E-state index in [4.69, 9.17) is 5.73 Å². The molecule has 0 aromatic carbocycles. The van der Waals surface area contributed by atoms with E-state index in [2.05, 4.69) is 6.92 Å². The lowest BCUT2D eigenvalue weighted by atomic mass is 10.0. The molecule has 0 aromatic heterocycles. The first-order valence-corrected chi connectivity index (χ1v) is 8.29. The molecular formula is C16H32N2O. The molecule has 0 spiro atoms. The summed E-state index contributed by atoms with van der Waals surface area (Å²) in [6.45, 7) is 3.80. The van der Waals surface area contributed by atoms with Crippen LogP contribution in [0.2, 0.25) is 0 Å². The molecule has 0 aromatic rings. The first-order valence-electron chi connectivity index (χ1n) is 8.29. The van der Waals surface area contributed by atoms with Crippen LogP contribution in [0, 0.1) is 0 Å². The fraction of sp³-hybridized carbons (Fsp3) is 0.938.